The highest BCUT2D eigenvalue weighted by atomic mass is 19.1. The Balaban J connectivity index is 1.17. The fraction of sp³-hybridized carbons (Fsp3) is 0.207. The Labute approximate surface area is 237 Å². The van der Waals surface area contributed by atoms with Crippen LogP contribution in [0, 0.1) is 23.5 Å². The number of aliphatic hydroxyl groups excluding tert-OH is 1. The van der Waals surface area contributed by atoms with Crippen LogP contribution in [0.15, 0.2) is 71.8 Å². The molecule has 1 aliphatic rings. The molecule has 0 aliphatic heterocycles. The second-order valence-corrected chi connectivity index (χ2v) is 10.0. The average Bonchev–Trinajstić information content (AvgIpc) is 3.38. The minimum Gasteiger partial charge on any atom is -0.453 e. The van der Waals surface area contributed by atoms with Crippen molar-refractivity contribution in [2.24, 2.45) is 11.8 Å². The first-order valence-corrected chi connectivity index (χ1v) is 13.2. The molecule has 0 bridgehead atoms. The number of halogens is 2. The van der Waals surface area contributed by atoms with Gasteiger partial charge in [0.2, 0.25) is 0 Å². The topological polar surface area (TPSA) is 147 Å². The molecule has 4 N–H and O–H groups in total. The second-order valence-electron chi connectivity index (χ2n) is 10.0. The highest BCUT2D eigenvalue weighted by molar-refractivity contribution is 6.04. The number of H-pyrrole nitrogens is 1. The van der Waals surface area contributed by atoms with Crippen LogP contribution in [0.25, 0.3) is 16.7 Å². The standard InChI is InChI=1S/C29H25F2N7O4/c30-18-1-4-20(5-2-18)38-29(41)21(7-10-34-38)28(40)35-19-3-6-23(22(31)13-19)42-24-8-9-32-26-25(24)27(37-36-26)33-14-16-11-17(12-16)15-39/h1-10,13,16-17,39H,11-12,14-15H2,(H,35,40)(H2,32,33,36,37). The summed E-state index contributed by atoms with van der Waals surface area (Å²) in [6, 6.07) is 11.8. The third-order valence-electron chi connectivity index (χ3n) is 7.14. The molecule has 0 unspecified atom stereocenters. The molecule has 1 fully saturated rings. The fourth-order valence-electron chi connectivity index (χ4n) is 4.90. The number of fused-ring (bicyclic) bond motifs is 1. The van der Waals surface area contributed by atoms with Crippen LogP contribution < -0.4 is 20.9 Å². The van der Waals surface area contributed by atoms with Gasteiger partial charge in [0, 0.05) is 43.4 Å². The van der Waals surface area contributed by atoms with E-state index in [2.05, 4.69) is 30.9 Å². The molecule has 6 rings (SSSR count). The third-order valence-corrected chi connectivity index (χ3v) is 7.14. The van der Waals surface area contributed by atoms with Gasteiger partial charge in [-0.2, -0.15) is 14.9 Å². The van der Waals surface area contributed by atoms with Gasteiger partial charge in [0.25, 0.3) is 11.5 Å². The van der Waals surface area contributed by atoms with Crippen LogP contribution in [0.2, 0.25) is 0 Å². The molecule has 0 atom stereocenters. The molecule has 42 heavy (non-hydrogen) atoms. The molecule has 2 aromatic carbocycles. The molecule has 1 aliphatic carbocycles. The number of pyridine rings is 1. The van der Waals surface area contributed by atoms with Gasteiger partial charge >= 0.3 is 0 Å². The summed E-state index contributed by atoms with van der Waals surface area (Å²) in [5.41, 5.74) is -0.114. The molecule has 3 heterocycles. The van der Waals surface area contributed by atoms with Crippen LogP contribution in [-0.4, -0.2) is 49.1 Å². The zero-order valence-corrected chi connectivity index (χ0v) is 22.1. The number of aromatic amines is 1. The van der Waals surface area contributed by atoms with Crippen molar-refractivity contribution in [2.75, 3.05) is 23.8 Å². The highest BCUT2D eigenvalue weighted by Crippen LogP contribution is 2.36. The summed E-state index contributed by atoms with van der Waals surface area (Å²) in [6.07, 6.45) is 4.65. The molecule has 0 radical (unpaired) electrons. The van der Waals surface area contributed by atoms with Crippen LogP contribution >= 0.6 is 0 Å². The first-order chi connectivity index (χ1) is 20.4. The SMILES string of the molecule is O=C(Nc1ccc(Oc2ccnc3[nH]nc(NCC4CC(CO)C4)c23)c(F)c1)c1ccnn(-c2ccc(F)cc2)c1=O. The number of hydrogen-bond donors (Lipinski definition) is 4. The average molecular weight is 574 g/mol. The number of benzene rings is 2. The zero-order valence-electron chi connectivity index (χ0n) is 22.1. The number of aliphatic hydroxyl groups is 1. The van der Waals surface area contributed by atoms with Gasteiger partial charge in [-0.05, 0) is 67.1 Å². The summed E-state index contributed by atoms with van der Waals surface area (Å²) in [6.45, 7) is 0.860. The van der Waals surface area contributed by atoms with E-state index in [1.54, 1.807) is 6.07 Å². The van der Waals surface area contributed by atoms with Crippen molar-refractivity contribution in [3.05, 3.63) is 94.5 Å². The van der Waals surface area contributed by atoms with E-state index < -0.39 is 23.1 Å². The maximum atomic E-state index is 15.1. The van der Waals surface area contributed by atoms with E-state index in [0.717, 1.165) is 23.6 Å². The van der Waals surface area contributed by atoms with E-state index in [1.165, 1.54) is 54.9 Å². The number of rotatable bonds is 9. The molecule has 11 nitrogen and oxygen atoms in total. The summed E-state index contributed by atoms with van der Waals surface area (Å²) in [4.78, 5) is 30.0. The lowest BCUT2D eigenvalue weighted by atomic mass is 9.75. The number of ether oxygens (including phenoxy) is 1. The van der Waals surface area contributed by atoms with E-state index in [-0.39, 0.29) is 29.3 Å². The smallest absolute Gasteiger partial charge is 0.284 e. The van der Waals surface area contributed by atoms with Crippen LogP contribution in [0.4, 0.5) is 20.3 Å². The molecular weight excluding hydrogens is 548 g/mol. The summed E-state index contributed by atoms with van der Waals surface area (Å²) in [7, 11) is 0. The van der Waals surface area contributed by atoms with Gasteiger partial charge in [0.1, 0.15) is 22.5 Å². The van der Waals surface area contributed by atoms with Crippen LogP contribution in [-0.2, 0) is 0 Å². The maximum absolute atomic E-state index is 15.1. The normalized spacial score (nSPS) is 16.2. The summed E-state index contributed by atoms with van der Waals surface area (Å²) < 4.78 is 35.3. The van der Waals surface area contributed by atoms with Crippen molar-refractivity contribution in [3.8, 4) is 17.2 Å². The van der Waals surface area contributed by atoms with Crippen LogP contribution in [0.3, 0.4) is 0 Å². The quantitative estimate of drug-likeness (QED) is 0.205. The van der Waals surface area contributed by atoms with Crippen molar-refractivity contribution in [1.29, 1.82) is 0 Å². The van der Waals surface area contributed by atoms with Gasteiger partial charge in [0.05, 0.1) is 5.69 Å². The van der Waals surface area contributed by atoms with Crippen molar-refractivity contribution >= 4 is 28.4 Å². The lowest BCUT2D eigenvalue weighted by Crippen LogP contribution is -2.31. The Hall–Kier alpha value is -5.17. The summed E-state index contributed by atoms with van der Waals surface area (Å²) in [5, 5.41) is 26.7. The zero-order chi connectivity index (χ0) is 29.2. The van der Waals surface area contributed by atoms with Gasteiger partial charge in [-0.15, -0.1) is 0 Å². The molecule has 214 valence electrons. The van der Waals surface area contributed by atoms with Gasteiger partial charge in [-0.25, -0.2) is 13.8 Å². The number of amides is 1. The van der Waals surface area contributed by atoms with Crippen molar-refractivity contribution in [2.45, 2.75) is 12.8 Å². The maximum Gasteiger partial charge on any atom is 0.284 e. The lowest BCUT2D eigenvalue weighted by Gasteiger charge is -2.34. The Morgan fingerprint density at radius 1 is 1.05 bits per heavy atom. The molecule has 0 saturated heterocycles. The number of hydrogen-bond acceptors (Lipinski definition) is 8. The summed E-state index contributed by atoms with van der Waals surface area (Å²) >= 11 is 0. The first kappa shape index (κ1) is 27.0. The molecule has 13 heteroatoms. The van der Waals surface area contributed by atoms with Gasteiger partial charge in [-0.3, -0.25) is 14.7 Å². The first-order valence-electron chi connectivity index (χ1n) is 13.2. The van der Waals surface area contributed by atoms with E-state index in [1.807, 2.05) is 0 Å². The largest absolute Gasteiger partial charge is 0.453 e. The van der Waals surface area contributed by atoms with Crippen molar-refractivity contribution in [3.63, 3.8) is 0 Å². The fourth-order valence-corrected chi connectivity index (χ4v) is 4.90. The van der Waals surface area contributed by atoms with Crippen molar-refractivity contribution in [1.82, 2.24) is 25.0 Å². The molecule has 5 aromatic rings. The van der Waals surface area contributed by atoms with Crippen molar-refractivity contribution < 1.29 is 23.4 Å². The molecule has 1 saturated carbocycles. The van der Waals surface area contributed by atoms with E-state index >= 15 is 4.39 Å². The van der Waals surface area contributed by atoms with Crippen LogP contribution in [0.1, 0.15) is 23.2 Å². The third kappa shape index (κ3) is 5.41. The van der Waals surface area contributed by atoms with E-state index in [4.69, 9.17) is 4.74 Å². The Kier molecular flexibility index (Phi) is 7.32. The minimum absolute atomic E-state index is 0.0972. The number of anilines is 2. The van der Waals surface area contributed by atoms with E-state index in [0.29, 0.717) is 41.0 Å². The second kappa shape index (κ2) is 11.4. The van der Waals surface area contributed by atoms with E-state index in [9.17, 15) is 19.1 Å². The van der Waals surface area contributed by atoms with Crippen LogP contribution in [0.5, 0.6) is 11.5 Å². The molecule has 1 amide bonds. The van der Waals surface area contributed by atoms with Gasteiger partial charge in [0.15, 0.2) is 23.0 Å². The molecule has 0 spiro atoms. The van der Waals surface area contributed by atoms with Gasteiger partial charge in [-0.1, -0.05) is 0 Å². The molecule has 3 aromatic heterocycles. The predicted molar refractivity (Wildman–Crippen MR) is 150 cm³/mol. The highest BCUT2D eigenvalue weighted by Gasteiger charge is 2.28. The number of aromatic nitrogens is 5. The Bertz CT molecular complexity index is 1820. The number of carbonyl (C=O) groups excluding carboxylic acids is 1. The Morgan fingerprint density at radius 3 is 2.62 bits per heavy atom. The number of nitrogens with zero attached hydrogens (tertiary/aromatic N) is 4. The molecular formula is C29H25F2N7O4. The monoisotopic (exact) mass is 573 g/mol. The number of carbonyl (C=O) groups is 1. The minimum atomic E-state index is -0.770. The predicted octanol–water partition coefficient (Wildman–Crippen LogP) is 4.26. The number of nitrogens with one attached hydrogen (secondary N) is 3. The Morgan fingerprint density at radius 2 is 1.86 bits per heavy atom. The summed E-state index contributed by atoms with van der Waals surface area (Å²) in [5.74, 6) is -0.485. The van der Waals surface area contributed by atoms with Gasteiger partial charge < -0.3 is 20.5 Å². The lowest BCUT2D eigenvalue weighted by molar-refractivity contribution is 0.102.